The van der Waals surface area contributed by atoms with E-state index in [1.165, 1.54) is 28.8 Å². The van der Waals surface area contributed by atoms with Crippen LogP contribution in [-0.2, 0) is 0 Å². The van der Waals surface area contributed by atoms with E-state index in [0.29, 0.717) is 5.69 Å². The zero-order valence-electron chi connectivity index (χ0n) is 13.2. The Morgan fingerprint density at radius 2 is 2.12 bits per heavy atom. The van der Waals surface area contributed by atoms with Gasteiger partial charge in [0.05, 0.1) is 17.9 Å². The summed E-state index contributed by atoms with van der Waals surface area (Å²) < 4.78 is 16.9. The predicted octanol–water partition coefficient (Wildman–Crippen LogP) is 3.42. The molecule has 0 unspecified atom stereocenters. The first-order valence-electron chi connectivity index (χ1n) is 7.72. The Balaban J connectivity index is 1.65. The Bertz CT molecular complexity index is 777. The van der Waals surface area contributed by atoms with E-state index < -0.39 is 0 Å². The molecule has 8 heteroatoms. The fourth-order valence-electron chi connectivity index (χ4n) is 2.73. The molecule has 0 aliphatic carbocycles. The van der Waals surface area contributed by atoms with E-state index in [4.69, 9.17) is 11.6 Å². The van der Waals surface area contributed by atoms with Crippen molar-refractivity contribution < 1.29 is 4.39 Å². The van der Waals surface area contributed by atoms with E-state index in [-0.39, 0.29) is 22.4 Å². The molecule has 1 aliphatic heterocycles. The number of nitrogens with one attached hydrogen (secondary N) is 1. The number of aromatic nitrogens is 2. The second kappa shape index (κ2) is 7.55. The summed E-state index contributed by atoms with van der Waals surface area (Å²) in [5.74, 6) is -0.232. The molecule has 2 heterocycles. The average molecular weight is 369 g/mol. The molecule has 0 bridgehead atoms. The van der Waals surface area contributed by atoms with Crippen molar-refractivity contribution in [3.05, 3.63) is 51.7 Å². The first-order valence-corrected chi connectivity index (χ1v) is 8.87. The average Bonchev–Trinajstić information content (AvgIpc) is 2.58. The van der Waals surface area contributed by atoms with Crippen LogP contribution >= 0.6 is 23.5 Å². The number of anilines is 1. The quantitative estimate of drug-likeness (QED) is 0.838. The standard InChI is InChI=1S/C16H18ClFN4OS/c1-19-14-10-20-22(16(23)15(14)17)12-5-7-21(8-6-12)24-13-4-2-3-11(18)9-13/h2-4,9-10,12,19H,5-8H2,1H3. The zero-order valence-corrected chi connectivity index (χ0v) is 14.8. The van der Waals surface area contributed by atoms with E-state index in [1.54, 1.807) is 19.3 Å². The number of halogens is 2. The van der Waals surface area contributed by atoms with Gasteiger partial charge >= 0.3 is 0 Å². The summed E-state index contributed by atoms with van der Waals surface area (Å²) in [6.07, 6.45) is 3.17. The van der Waals surface area contributed by atoms with Crippen LogP contribution in [0, 0.1) is 5.82 Å². The molecule has 2 aromatic rings. The van der Waals surface area contributed by atoms with Gasteiger partial charge in [-0.2, -0.15) is 5.10 Å². The highest BCUT2D eigenvalue weighted by atomic mass is 35.5. The molecule has 128 valence electrons. The number of rotatable bonds is 4. The Labute approximate surface area is 148 Å². The van der Waals surface area contributed by atoms with Crippen LogP contribution in [0.25, 0.3) is 0 Å². The largest absolute Gasteiger partial charge is 0.385 e. The van der Waals surface area contributed by atoms with Crippen LogP contribution in [-0.4, -0.2) is 34.2 Å². The number of hydrogen-bond donors (Lipinski definition) is 1. The van der Waals surface area contributed by atoms with Crippen LogP contribution in [0.2, 0.25) is 5.02 Å². The summed E-state index contributed by atoms with van der Waals surface area (Å²) >= 11 is 7.62. The Morgan fingerprint density at radius 1 is 1.38 bits per heavy atom. The normalized spacial score (nSPS) is 16.3. The highest BCUT2D eigenvalue weighted by Crippen LogP contribution is 2.30. The molecular formula is C16H18ClFN4OS. The summed E-state index contributed by atoms with van der Waals surface area (Å²) in [6, 6.07) is 6.60. The van der Waals surface area contributed by atoms with Crippen molar-refractivity contribution in [2.24, 2.45) is 0 Å². The van der Waals surface area contributed by atoms with E-state index in [9.17, 15) is 9.18 Å². The van der Waals surface area contributed by atoms with Gasteiger partial charge in [-0.15, -0.1) is 0 Å². The third-order valence-electron chi connectivity index (χ3n) is 4.01. The maximum atomic E-state index is 13.3. The van der Waals surface area contributed by atoms with Gasteiger partial charge in [-0.1, -0.05) is 17.7 Å². The van der Waals surface area contributed by atoms with Gasteiger partial charge < -0.3 is 5.32 Å². The van der Waals surface area contributed by atoms with Crippen LogP contribution in [0.15, 0.2) is 40.2 Å². The minimum Gasteiger partial charge on any atom is -0.385 e. The maximum absolute atomic E-state index is 13.3. The molecule has 0 saturated carbocycles. The van der Waals surface area contributed by atoms with Crippen LogP contribution in [0.1, 0.15) is 18.9 Å². The summed E-state index contributed by atoms with van der Waals surface area (Å²) in [4.78, 5) is 13.2. The fraction of sp³-hybridized carbons (Fsp3) is 0.375. The lowest BCUT2D eigenvalue weighted by Gasteiger charge is -2.31. The van der Waals surface area contributed by atoms with Gasteiger partial charge in [-0.25, -0.2) is 13.4 Å². The van der Waals surface area contributed by atoms with Crippen molar-refractivity contribution in [1.82, 2.24) is 14.1 Å². The molecular weight excluding hydrogens is 351 g/mol. The topological polar surface area (TPSA) is 50.2 Å². The van der Waals surface area contributed by atoms with Gasteiger partial charge in [-0.05, 0) is 43.0 Å². The van der Waals surface area contributed by atoms with Crippen molar-refractivity contribution in [3.8, 4) is 0 Å². The number of hydrogen-bond acceptors (Lipinski definition) is 5. The first-order chi connectivity index (χ1) is 11.6. The molecule has 0 amide bonds. The molecule has 24 heavy (non-hydrogen) atoms. The smallest absolute Gasteiger partial charge is 0.287 e. The first kappa shape index (κ1) is 17.3. The molecule has 0 radical (unpaired) electrons. The molecule has 0 spiro atoms. The lowest BCUT2D eigenvalue weighted by Crippen LogP contribution is -2.36. The Morgan fingerprint density at radius 3 is 2.79 bits per heavy atom. The Kier molecular flexibility index (Phi) is 5.43. The lowest BCUT2D eigenvalue weighted by atomic mass is 10.1. The molecule has 5 nitrogen and oxygen atoms in total. The molecule has 0 atom stereocenters. The minimum atomic E-state index is -0.264. The SMILES string of the molecule is CNc1cnn(C2CCN(Sc3cccc(F)c3)CC2)c(=O)c1Cl. The van der Waals surface area contributed by atoms with Gasteiger partial charge in [-0.3, -0.25) is 4.79 Å². The minimum absolute atomic E-state index is 0.0327. The lowest BCUT2D eigenvalue weighted by molar-refractivity contribution is 0.269. The van der Waals surface area contributed by atoms with E-state index in [1.807, 2.05) is 6.07 Å². The third-order valence-corrected chi connectivity index (χ3v) is 5.47. The number of piperidine rings is 1. The molecule has 1 saturated heterocycles. The van der Waals surface area contributed by atoms with Crippen molar-refractivity contribution in [3.63, 3.8) is 0 Å². The molecule has 1 aromatic carbocycles. The number of benzene rings is 1. The van der Waals surface area contributed by atoms with Crippen LogP contribution in [0.5, 0.6) is 0 Å². The van der Waals surface area contributed by atoms with Gasteiger partial charge in [0.2, 0.25) is 0 Å². The second-order valence-electron chi connectivity index (χ2n) is 5.58. The van der Waals surface area contributed by atoms with Gasteiger partial charge in [0.15, 0.2) is 0 Å². The van der Waals surface area contributed by atoms with E-state index in [0.717, 1.165) is 30.8 Å². The summed E-state index contributed by atoms with van der Waals surface area (Å²) in [7, 11) is 1.70. The molecule has 1 aromatic heterocycles. The van der Waals surface area contributed by atoms with E-state index in [2.05, 4.69) is 14.7 Å². The summed E-state index contributed by atoms with van der Waals surface area (Å²) in [6.45, 7) is 1.59. The van der Waals surface area contributed by atoms with Crippen molar-refractivity contribution in [1.29, 1.82) is 0 Å². The molecule has 1 N–H and O–H groups in total. The van der Waals surface area contributed by atoms with Crippen LogP contribution in [0.3, 0.4) is 0 Å². The van der Waals surface area contributed by atoms with Crippen molar-refractivity contribution >= 4 is 29.2 Å². The highest BCUT2D eigenvalue weighted by Gasteiger charge is 2.24. The fourth-order valence-corrected chi connectivity index (χ4v) is 3.96. The third kappa shape index (κ3) is 3.74. The van der Waals surface area contributed by atoms with Crippen molar-refractivity contribution in [2.45, 2.75) is 23.8 Å². The molecule has 1 fully saturated rings. The second-order valence-corrected chi connectivity index (χ2v) is 7.13. The maximum Gasteiger partial charge on any atom is 0.287 e. The number of nitrogens with zero attached hydrogens (tertiary/aromatic N) is 3. The summed E-state index contributed by atoms with van der Waals surface area (Å²) in [5.41, 5.74) is 0.275. The van der Waals surface area contributed by atoms with Gasteiger partial charge in [0, 0.05) is 25.0 Å². The van der Waals surface area contributed by atoms with Gasteiger partial charge in [0.25, 0.3) is 5.56 Å². The monoisotopic (exact) mass is 368 g/mol. The molecule has 3 rings (SSSR count). The predicted molar refractivity (Wildman–Crippen MR) is 95.2 cm³/mol. The van der Waals surface area contributed by atoms with Gasteiger partial charge in [0.1, 0.15) is 10.8 Å². The molecule has 1 aliphatic rings. The van der Waals surface area contributed by atoms with Crippen LogP contribution in [0.4, 0.5) is 10.1 Å². The summed E-state index contributed by atoms with van der Waals surface area (Å²) in [5, 5.41) is 7.26. The zero-order chi connectivity index (χ0) is 17.1. The Hall–Kier alpha value is -1.57. The van der Waals surface area contributed by atoms with E-state index >= 15 is 0 Å². The highest BCUT2D eigenvalue weighted by molar-refractivity contribution is 7.97. The van der Waals surface area contributed by atoms with Crippen LogP contribution < -0.4 is 10.9 Å². The van der Waals surface area contributed by atoms with Crippen molar-refractivity contribution in [2.75, 3.05) is 25.5 Å².